The Morgan fingerprint density at radius 1 is 1.70 bits per heavy atom. The van der Waals surface area contributed by atoms with Gasteiger partial charge >= 0.3 is 0 Å². The average molecular weight is 160 g/mol. The molecule has 0 rings (SSSR count). The molecule has 0 N–H and O–H groups in total. The molecular formula is C7H14NOS. The number of hydrogen-bond acceptors (Lipinski definition) is 3. The van der Waals surface area contributed by atoms with E-state index in [1.54, 1.807) is 5.62 Å². The number of carbonyl (C=O) groups excluding carboxylic acids is 1. The second kappa shape index (κ2) is 5.74. The van der Waals surface area contributed by atoms with E-state index in [9.17, 15) is 4.79 Å². The molecule has 0 bridgehead atoms. The SMILES string of the molecule is CCCC(C)N(C)S[C]=O. The van der Waals surface area contributed by atoms with Crippen molar-refractivity contribution in [2.75, 3.05) is 7.05 Å². The molecule has 0 aromatic rings. The minimum Gasteiger partial charge on any atom is -0.276 e. The van der Waals surface area contributed by atoms with Gasteiger partial charge < -0.3 is 0 Å². The minimum atomic E-state index is 0.469. The molecule has 0 aliphatic heterocycles. The van der Waals surface area contributed by atoms with Gasteiger partial charge in [0, 0.05) is 18.0 Å². The van der Waals surface area contributed by atoms with Crippen LogP contribution in [0.3, 0.4) is 0 Å². The second-order valence-electron chi connectivity index (χ2n) is 2.36. The van der Waals surface area contributed by atoms with Crippen LogP contribution in [0.2, 0.25) is 0 Å². The molecule has 0 spiro atoms. The van der Waals surface area contributed by atoms with E-state index in [0.717, 1.165) is 24.8 Å². The third-order valence-corrected chi connectivity index (χ3v) is 2.23. The zero-order chi connectivity index (χ0) is 7.98. The summed E-state index contributed by atoms with van der Waals surface area (Å²) in [5.41, 5.74) is 1.80. The zero-order valence-corrected chi connectivity index (χ0v) is 7.57. The van der Waals surface area contributed by atoms with Crippen molar-refractivity contribution in [2.24, 2.45) is 0 Å². The topological polar surface area (TPSA) is 20.3 Å². The van der Waals surface area contributed by atoms with Crippen molar-refractivity contribution in [3.05, 3.63) is 0 Å². The van der Waals surface area contributed by atoms with E-state index in [1.807, 2.05) is 11.4 Å². The van der Waals surface area contributed by atoms with Gasteiger partial charge in [0.1, 0.15) is 0 Å². The van der Waals surface area contributed by atoms with Gasteiger partial charge in [0.25, 0.3) is 5.62 Å². The molecule has 0 saturated heterocycles. The summed E-state index contributed by atoms with van der Waals surface area (Å²) < 4.78 is 1.93. The van der Waals surface area contributed by atoms with Crippen LogP contribution in [-0.2, 0) is 4.79 Å². The third kappa shape index (κ3) is 3.90. The standard InChI is InChI=1S/C7H14NOS/c1-4-5-7(2)8(3)10-6-9/h7H,4-5H2,1-3H3. The lowest BCUT2D eigenvalue weighted by Crippen LogP contribution is -2.21. The van der Waals surface area contributed by atoms with Gasteiger partial charge in [-0.05, 0) is 20.4 Å². The predicted octanol–water partition coefficient (Wildman–Crippen LogP) is 1.82. The fourth-order valence-corrected chi connectivity index (χ4v) is 1.15. The fourth-order valence-electron chi connectivity index (χ4n) is 0.748. The Morgan fingerprint density at radius 3 is 2.70 bits per heavy atom. The first-order valence-electron chi connectivity index (χ1n) is 3.49. The lowest BCUT2D eigenvalue weighted by Gasteiger charge is -2.19. The molecule has 2 nitrogen and oxygen atoms in total. The van der Waals surface area contributed by atoms with Crippen molar-refractivity contribution in [2.45, 2.75) is 32.7 Å². The maximum atomic E-state index is 9.92. The third-order valence-electron chi connectivity index (χ3n) is 1.51. The van der Waals surface area contributed by atoms with Gasteiger partial charge in [-0.25, -0.2) is 4.31 Å². The Hall–Kier alpha value is -0.0200. The first-order chi connectivity index (χ1) is 4.72. The van der Waals surface area contributed by atoms with E-state index in [0.29, 0.717) is 6.04 Å². The number of nitrogens with zero attached hydrogens (tertiary/aromatic N) is 1. The Bertz CT molecular complexity index is 97.6. The highest BCUT2D eigenvalue weighted by atomic mass is 32.2. The van der Waals surface area contributed by atoms with E-state index in [2.05, 4.69) is 13.8 Å². The van der Waals surface area contributed by atoms with Gasteiger partial charge in [0.15, 0.2) is 0 Å². The quantitative estimate of drug-likeness (QED) is 0.572. The van der Waals surface area contributed by atoms with Gasteiger partial charge in [-0.1, -0.05) is 13.3 Å². The largest absolute Gasteiger partial charge is 0.282 e. The monoisotopic (exact) mass is 160 g/mol. The van der Waals surface area contributed by atoms with Crippen LogP contribution in [0.1, 0.15) is 26.7 Å². The summed E-state index contributed by atoms with van der Waals surface area (Å²) >= 11 is 1.11. The van der Waals surface area contributed by atoms with Gasteiger partial charge in [0.2, 0.25) is 0 Å². The number of rotatable bonds is 5. The van der Waals surface area contributed by atoms with E-state index in [1.165, 1.54) is 0 Å². The molecule has 0 aliphatic rings. The molecule has 1 radical (unpaired) electrons. The van der Waals surface area contributed by atoms with Crippen LogP contribution < -0.4 is 0 Å². The summed E-state index contributed by atoms with van der Waals surface area (Å²) in [6, 6.07) is 0.469. The van der Waals surface area contributed by atoms with E-state index >= 15 is 0 Å². The molecule has 0 aliphatic carbocycles. The van der Waals surface area contributed by atoms with E-state index < -0.39 is 0 Å². The molecule has 0 fully saturated rings. The van der Waals surface area contributed by atoms with Crippen LogP contribution in [0, 0.1) is 0 Å². The Labute approximate surface area is 67.1 Å². The molecular weight excluding hydrogens is 146 g/mol. The normalized spacial score (nSPS) is 13.6. The Balaban J connectivity index is 3.47. The van der Waals surface area contributed by atoms with Crippen molar-refractivity contribution in [3.63, 3.8) is 0 Å². The maximum absolute atomic E-state index is 9.92. The zero-order valence-electron chi connectivity index (χ0n) is 6.76. The van der Waals surface area contributed by atoms with Crippen LogP contribution in [0.25, 0.3) is 0 Å². The summed E-state index contributed by atoms with van der Waals surface area (Å²) in [6.07, 6.45) is 2.29. The maximum Gasteiger partial charge on any atom is 0.282 e. The van der Waals surface area contributed by atoms with Crippen LogP contribution in [0.5, 0.6) is 0 Å². The number of hydrogen-bond donors (Lipinski definition) is 0. The molecule has 0 aromatic heterocycles. The summed E-state index contributed by atoms with van der Waals surface area (Å²) in [4.78, 5) is 9.92. The molecule has 0 heterocycles. The molecule has 1 unspecified atom stereocenters. The van der Waals surface area contributed by atoms with E-state index in [-0.39, 0.29) is 0 Å². The highest BCUT2D eigenvalue weighted by Gasteiger charge is 2.07. The van der Waals surface area contributed by atoms with Crippen LogP contribution in [0.15, 0.2) is 0 Å². The van der Waals surface area contributed by atoms with E-state index in [4.69, 9.17) is 0 Å². The Kier molecular flexibility index (Phi) is 5.73. The van der Waals surface area contributed by atoms with Crippen molar-refractivity contribution < 1.29 is 4.79 Å². The van der Waals surface area contributed by atoms with Crippen LogP contribution >= 0.6 is 11.9 Å². The lowest BCUT2D eigenvalue weighted by molar-refractivity contribution is 0.410. The molecule has 1 atom stereocenters. The van der Waals surface area contributed by atoms with Crippen molar-refractivity contribution in [3.8, 4) is 0 Å². The van der Waals surface area contributed by atoms with Crippen molar-refractivity contribution >= 4 is 17.6 Å². The predicted molar refractivity (Wildman–Crippen MR) is 45.4 cm³/mol. The molecule has 0 aromatic carbocycles. The van der Waals surface area contributed by atoms with Gasteiger partial charge in [-0.15, -0.1) is 0 Å². The lowest BCUT2D eigenvalue weighted by atomic mass is 10.2. The first-order valence-corrected chi connectivity index (χ1v) is 4.26. The highest BCUT2D eigenvalue weighted by Crippen LogP contribution is 2.11. The van der Waals surface area contributed by atoms with Crippen LogP contribution in [0.4, 0.5) is 0 Å². The van der Waals surface area contributed by atoms with Crippen molar-refractivity contribution in [1.29, 1.82) is 0 Å². The van der Waals surface area contributed by atoms with Gasteiger partial charge in [0.05, 0.1) is 0 Å². The molecule has 0 amide bonds. The van der Waals surface area contributed by atoms with Crippen molar-refractivity contribution in [1.82, 2.24) is 4.31 Å². The molecule has 10 heavy (non-hydrogen) atoms. The van der Waals surface area contributed by atoms with Gasteiger partial charge in [-0.2, -0.15) is 0 Å². The van der Waals surface area contributed by atoms with Gasteiger partial charge in [-0.3, -0.25) is 4.79 Å². The molecule has 3 heteroatoms. The average Bonchev–Trinajstić information content (AvgIpc) is 1.89. The second-order valence-corrected chi connectivity index (χ2v) is 3.28. The Morgan fingerprint density at radius 2 is 2.30 bits per heavy atom. The van der Waals surface area contributed by atoms with Crippen LogP contribution in [-0.4, -0.2) is 23.0 Å². The summed E-state index contributed by atoms with van der Waals surface area (Å²) in [5, 5.41) is 0. The molecule has 59 valence electrons. The fraction of sp³-hybridized carbons (Fsp3) is 0.857. The summed E-state index contributed by atoms with van der Waals surface area (Å²) in [7, 11) is 1.91. The molecule has 0 saturated carbocycles. The summed E-state index contributed by atoms with van der Waals surface area (Å²) in [5.74, 6) is 0. The summed E-state index contributed by atoms with van der Waals surface area (Å²) in [6.45, 7) is 4.24. The minimum absolute atomic E-state index is 0.469. The highest BCUT2D eigenvalue weighted by molar-refractivity contribution is 8.09. The first kappa shape index (κ1) is 9.98. The smallest absolute Gasteiger partial charge is 0.276 e.